The summed E-state index contributed by atoms with van der Waals surface area (Å²) in [6.45, 7) is 6.86. The summed E-state index contributed by atoms with van der Waals surface area (Å²) in [5, 5.41) is 0. The van der Waals surface area contributed by atoms with Gasteiger partial charge < -0.3 is 28.4 Å². The van der Waals surface area contributed by atoms with Gasteiger partial charge in [0, 0.05) is 13.8 Å². The molecule has 0 amide bonds. The molecule has 0 bridgehead atoms. The number of carbonyl (C=O) groups is 2. The molecule has 8 nitrogen and oxygen atoms in total. The molecule has 35 heavy (non-hydrogen) atoms. The van der Waals surface area contributed by atoms with Gasteiger partial charge in [-0.2, -0.15) is 0 Å². The molecule has 1 aliphatic heterocycles. The van der Waals surface area contributed by atoms with Crippen LogP contribution in [0.2, 0.25) is 0 Å². The zero-order valence-corrected chi connectivity index (χ0v) is 20.0. The Bertz CT molecular complexity index is 933. The molecule has 1 saturated heterocycles. The van der Waals surface area contributed by atoms with E-state index in [9.17, 15) is 9.59 Å². The summed E-state index contributed by atoms with van der Waals surface area (Å²) in [6, 6.07) is 19.2. The third-order valence-corrected chi connectivity index (χ3v) is 5.29. The van der Waals surface area contributed by atoms with Crippen molar-refractivity contribution in [2.45, 2.75) is 57.8 Å². The van der Waals surface area contributed by atoms with Crippen molar-refractivity contribution in [3.63, 3.8) is 0 Å². The molecule has 188 valence electrons. The van der Waals surface area contributed by atoms with Gasteiger partial charge in [0.25, 0.3) is 0 Å². The number of hydrogen-bond acceptors (Lipinski definition) is 8. The molecular weight excluding hydrogens is 452 g/mol. The quantitative estimate of drug-likeness (QED) is 0.334. The van der Waals surface area contributed by atoms with Gasteiger partial charge >= 0.3 is 11.9 Å². The van der Waals surface area contributed by atoms with Gasteiger partial charge in [-0.3, -0.25) is 9.59 Å². The first-order chi connectivity index (χ1) is 17.0. The molecule has 0 radical (unpaired) electrons. The van der Waals surface area contributed by atoms with E-state index in [1.807, 2.05) is 60.7 Å². The first kappa shape index (κ1) is 26.6. The average molecular weight is 485 g/mol. The second-order valence-corrected chi connectivity index (χ2v) is 8.06. The molecule has 1 heterocycles. The van der Waals surface area contributed by atoms with Crippen LogP contribution in [0.5, 0.6) is 0 Å². The third kappa shape index (κ3) is 8.29. The van der Waals surface area contributed by atoms with Gasteiger partial charge in [0.2, 0.25) is 0 Å². The van der Waals surface area contributed by atoms with Gasteiger partial charge in [0.05, 0.1) is 19.8 Å². The minimum Gasteiger partial charge on any atom is -0.463 e. The van der Waals surface area contributed by atoms with Crippen LogP contribution in [0.4, 0.5) is 0 Å². The highest BCUT2D eigenvalue weighted by Crippen LogP contribution is 2.31. The molecule has 2 aromatic rings. The molecule has 0 aromatic heterocycles. The van der Waals surface area contributed by atoms with E-state index in [1.165, 1.54) is 13.8 Å². The normalized spacial score (nSPS) is 23.9. The van der Waals surface area contributed by atoms with Gasteiger partial charge in [-0.1, -0.05) is 66.7 Å². The van der Waals surface area contributed by atoms with Crippen molar-refractivity contribution < 1.29 is 38.0 Å². The first-order valence-corrected chi connectivity index (χ1v) is 11.5. The van der Waals surface area contributed by atoms with E-state index in [0.29, 0.717) is 0 Å². The maximum absolute atomic E-state index is 12.0. The van der Waals surface area contributed by atoms with Gasteiger partial charge in [-0.25, -0.2) is 0 Å². The lowest BCUT2D eigenvalue weighted by molar-refractivity contribution is -0.317. The smallest absolute Gasteiger partial charge is 0.303 e. The molecule has 1 aliphatic rings. The summed E-state index contributed by atoms with van der Waals surface area (Å²) in [6.07, 6.45) is -2.57. The molecular formula is C27H32O8. The monoisotopic (exact) mass is 484 g/mol. The van der Waals surface area contributed by atoms with Crippen molar-refractivity contribution in [1.82, 2.24) is 0 Å². The number of carbonyl (C=O) groups excluding carboxylic acids is 2. The highest BCUT2D eigenvalue weighted by Gasteiger charge is 2.50. The standard InChI is InChI=1S/C27H32O8/c1-4-15-30-27-26(34-20(3)29)25(33-17-22-13-9-6-10-14-22)24(23(35-27)18-31-19(2)28)32-16-21-11-7-5-8-12-21/h4-14,23-27H,1,15-18H2,2-3H3/t23-,24-,25+,26+,27+/m1/s1. The van der Waals surface area contributed by atoms with E-state index in [2.05, 4.69) is 6.58 Å². The second kappa shape index (κ2) is 13.7. The van der Waals surface area contributed by atoms with Crippen LogP contribution >= 0.6 is 0 Å². The Morgan fingerprint density at radius 2 is 1.40 bits per heavy atom. The summed E-state index contributed by atoms with van der Waals surface area (Å²) in [4.78, 5) is 23.6. The second-order valence-electron chi connectivity index (χ2n) is 8.06. The summed E-state index contributed by atoms with van der Waals surface area (Å²) in [7, 11) is 0. The molecule has 3 rings (SSSR count). The fourth-order valence-electron chi connectivity index (χ4n) is 3.75. The van der Waals surface area contributed by atoms with Crippen molar-refractivity contribution in [3.8, 4) is 0 Å². The predicted molar refractivity (Wildman–Crippen MR) is 127 cm³/mol. The Balaban J connectivity index is 1.91. The molecule has 2 aromatic carbocycles. The Kier molecular flexibility index (Phi) is 10.4. The lowest BCUT2D eigenvalue weighted by Gasteiger charge is -2.45. The summed E-state index contributed by atoms with van der Waals surface area (Å²) in [5.41, 5.74) is 1.87. The van der Waals surface area contributed by atoms with Crippen LogP contribution in [0.1, 0.15) is 25.0 Å². The molecule has 0 unspecified atom stereocenters. The zero-order chi connectivity index (χ0) is 25.0. The van der Waals surface area contributed by atoms with Crippen LogP contribution in [0.3, 0.4) is 0 Å². The Morgan fingerprint density at radius 1 is 0.829 bits per heavy atom. The van der Waals surface area contributed by atoms with Crippen LogP contribution in [0.25, 0.3) is 0 Å². The van der Waals surface area contributed by atoms with Crippen molar-refractivity contribution >= 4 is 11.9 Å². The summed E-state index contributed by atoms with van der Waals surface area (Å²) in [5.74, 6) is -0.970. The molecule has 0 aliphatic carbocycles. The van der Waals surface area contributed by atoms with Crippen molar-refractivity contribution in [3.05, 3.63) is 84.4 Å². The lowest BCUT2D eigenvalue weighted by Crippen LogP contribution is -2.62. The first-order valence-electron chi connectivity index (χ1n) is 11.5. The highest BCUT2D eigenvalue weighted by atomic mass is 16.7. The van der Waals surface area contributed by atoms with E-state index >= 15 is 0 Å². The topological polar surface area (TPSA) is 89.5 Å². The van der Waals surface area contributed by atoms with E-state index in [4.69, 9.17) is 28.4 Å². The van der Waals surface area contributed by atoms with Crippen LogP contribution in [-0.2, 0) is 51.2 Å². The van der Waals surface area contributed by atoms with E-state index < -0.39 is 42.6 Å². The zero-order valence-electron chi connectivity index (χ0n) is 20.0. The fraction of sp³-hybridized carbons (Fsp3) is 0.407. The van der Waals surface area contributed by atoms with E-state index in [-0.39, 0.29) is 26.4 Å². The molecule has 8 heteroatoms. The van der Waals surface area contributed by atoms with Crippen molar-refractivity contribution in [2.75, 3.05) is 13.2 Å². The van der Waals surface area contributed by atoms with Crippen LogP contribution in [0, 0.1) is 0 Å². The average Bonchev–Trinajstić information content (AvgIpc) is 2.86. The Labute approximate surface area is 205 Å². The predicted octanol–water partition coefficient (Wildman–Crippen LogP) is 3.58. The van der Waals surface area contributed by atoms with Crippen LogP contribution < -0.4 is 0 Å². The van der Waals surface area contributed by atoms with Crippen molar-refractivity contribution in [2.24, 2.45) is 0 Å². The number of hydrogen-bond donors (Lipinski definition) is 0. The van der Waals surface area contributed by atoms with Crippen molar-refractivity contribution in [1.29, 1.82) is 0 Å². The Hall–Kier alpha value is -3.04. The highest BCUT2D eigenvalue weighted by molar-refractivity contribution is 5.66. The van der Waals surface area contributed by atoms with Gasteiger partial charge in [-0.05, 0) is 11.1 Å². The molecule has 0 N–H and O–H groups in total. The number of benzene rings is 2. The number of ether oxygens (including phenoxy) is 6. The maximum Gasteiger partial charge on any atom is 0.303 e. The molecule has 0 saturated carbocycles. The largest absolute Gasteiger partial charge is 0.463 e. The van der Waals surface area contributed by atoms with E-state index in [0.717, 1.165) is 11.1 Å². The molecule has 0 spiro atoms. The van der Waals surface area contributed by atoms with Crippen LogP contribution in [0.15, 0.2) is 73.3 Å². The SMILES string of the molecule is C=CCO[C@H]1O[C@H](COC(C)=O)[C@@H](OCc2ccccc2)[C@H](OCc2ccccc2)[C@@H]1OC(C)=O. The summed E-state index contributed by atoms with van der Waals surface area (Å²) >= 11 is 0. The molecule has 5 atom stereocenters. The minimum atomic E-state index is -0.977. The van der Waals surface area contributed by atoms with E-state index in [1.54, 1.807) is 6.08 Å². The Morgan fingerprint density at radius 3 is 1.91 bits per heavy atom. The number of rotatable bonds is 12. The fourth-order valence-corrected chi connectivity index (χ4v) is 3.75. The minimum absolute atomic E-state index is 0.0826. The van der Waals surface area contributed by atoms with Gasteiger partial charge in [-0.15, -0.1) is 6.58 Å². The lowest BCUT2D eigenvalue weighted by atomic mass is 9.98. The number of esters is 2. The third-order valence-electron chi connectivity index (χ3n) is 5.29. The van der Waals surface area contributed by atoms with Gasteiger partial charge in [0.1, 0.15) is 24.9 Å². The maximum atomic E-state index is 12.0. The van der Waals surface area contributed by atoms with Crippen LogP contribution in [-0.4, -0.2) is 55.9 Å². The van der Waals surface area contributed by atoms with Gasteiger partial charge in [0.15, 0.2) is 12.4 Å². The summed E-state index contributed by atoms with van der Waals surface area (Å²) < 4.78 is 35.3. The molecule has 1 fully saturated rings.